The molecular weight excluding hydrogens is 376 g/mol. The maximum absolute atomic E-state index is 12.5. The van der Waals surface area contributed by atoms with Gasteiger partial charge in [0.05, 0.1) is 19.4 Å². The normalized spacial score (nSPS) is 21.0. The van der Waals surface area contributed by atoms with Crippen molar-refractivity contribution in [3.8, 4) is 11.3 Å². The monoisotopic (exact) mass is 396 g/mol. The van der Waals surface area contributed by atoms with Crippen LogP contribution in [0.15, 0.2) is 45.9 Å². The second-order valence-electron chi connectivity index (χ2n) is 6.91. The minimum Gasteiger partial charge on any atom is -0.356 e. The minimum absolute atomic E-state index is 0.0599. The van der Waals surface area contributed by atoms with Gasteiger partial charge in [-0.2, -0.15) is 0 Å². The van der Waals surface area contributed by atoms with Gasteiger partial charge in [-0.05, 0) is 0 Å². The number of carbonyl (C=O) groups is 3. The number of amides is 4. The van der Waals surface area contributed by atoms with E-state index in [9.17, 15) is 14.4 Å². The molecule has 1 aromatic carbocycles. The van der Waals surface area contributed by atoms with Crippen LogP contribution in [0, 0.1) is 0 Å². The zero-order valence-corrected chi connectivity index (χ0v) is 16.0. The van der Waals surface area contributed by atoms with E-state index in [2.05, 4.69) is 15.5 Å². The number of rotatable bonds is 5. The van der Waals surface area contributed by atoms with Crippen LogP contribution in [0.4, 0.5) is 4.79 Å². The van der Waals surface area contributed by atoms with Gasteiger partial charge in [0.15, 0.2) is 18.0 Å². The number of aromatic nitrogens is 1. The standard InChI is InChI=1S/C19H20N6O4/c1-23-17-16(18(27)24(2)19(23)28)25(11-21-17)10-15(26)20-9-13-8-14(29-22-13)12-6-4-3-5-7-12/h3-8,11,16-17H,9-10H2,1-2H3,(H,20,26). The summed E-state index contributed by atoms with van der Waals surface area (Å²) >= 11 is 0. The van der Waals surface area contributed by atoms with E-state index in [0.717, 1.165) is 10.5 Å². The van der Waals surface area contributed by atoms with E-state index in [1.165, 1.54) is 18.3 Å². The van der Waals surface area contributed by atoms with Gasteiger partial charge in [0.2, 0.25) is 5.91 Å². The minimum atomic E-state index is -0.704. The summed E-state index contributed by atoms with van der Waals surface area (Å²) in [5.41, 5.74) is 1.49. The Bertz CT molecular complexity index is 972. The summed E-state index contributed by atoms with van der Waals surface area (Å²) < 4.78 is 5.31. The summed E-state index contributed by atoms with van der Waals surface area (Å²) in [6.07, 6.45) is 0.822. The molecule has 2 aromatic rings. The summed E-state index contributed by atoms with van der Waals surface area (Å²) in [6, 6.07) is 10.2. The van der Waals surface area contributed by atoms with Crippen LogP contribution in [0.25, 0.3) is 11.3 Å². The van der Waals surface area contributed by atoms with Crippen molar-refractivity contribution in [2.45, 2.75) is 18.8 Å². The van der Waals surface area contributed by atoms with Gasteiger partial charge < -0.3 is 19.6 Å². The maximum Gasteiger partial charge on any atom is 0.328 e. The highest BCUT2D eigenvalue weighted by Crippen LogP contribution is 2.24. The van der Waals surface area contributed by atoms with Gasteiger partial charge in [0, 0.05) is 25.7 Å². The number of benzene rings is 1. The number of hydrogen-bond acceptors (Lipinski definition) is 7. The molecule has 10 heteroatoms. The zero-order valence-electron chi connectivity index (χ0n) is 16.0. The third-order valence-corrected chi connectivity index (χ3v) is 4.99. The molecule has 2 aliphatic rings. The van der Waals surface area contributed by atoms with E-state index in [1.807, 2.05) is 30.3 Å². The van der Waals surface area contributed by atoms with Crippen LogP contribution in [0.3, 0.4) is 0 Å². The lowest BCUT2D eigenvalue weighted by atomic mass is 10.1. The fourth-order valence-corrected chi connectivity index (χ4v) is 3.39. The fraction of sp³-hybridized carbons (Fsp3) is 0.316. The Labute approximate surface area is 166 Å². The predicted octanol–water partition coefficient (Wildman–Crippen LogP) is 0.520. The van der Waals surface area contributed by atoms with E-state index in [0.29, 0.717) is 11.5 Å². The molecule has 1 aromatic heterocycles. The number of aliphatic imine (C=N–C) groups is 1. The number of imide groups is 1. The zero-order chi connectivity index (χ0) is 20.5. The Kier molecular flexibility index (Phi) is 4.75. The molecule has 1 fully saturated rings. The fourth-order valence-electron chi connectivity index (χ4n) is 3.39. The number of carbonyl (C=O) groups excluding carboxylic acids is 3. The molecule has 0 bridgehead atoms. The van der Waals surface area contributed by atoms with Gasteiger partial charge in [-0.3, -0.25) is 14.5 Å². The lowest BCUT2D eigenvalue weighted by Gasteiger charge is -2.39. The first-order chi connectivity index (χ1) is 14.0. The molecule has 10 nitrogen and oxygen atoms in total. The Morgan fingerprint density at radius 2 is 1.97 bits per heavy atom. The summed E-state index contributed by atoms with van der Waals surface area (Å²) in [5.74, 6) is -0.0586. The highest BCUT2D eigenvalue weighted by molar-refractivity contribution is 6.02. The Balaban J connectivity index is 1.35. The molecule has 2 unspecified atom stereocenters. The van der Waals surface area contributed by atoms with E-state index in [4.69, 9.17) is 4.52 Å². The molecule has 0 spiro atoms. The number of nitrogens with one attached hydrogen (secondary N) is 1. The van der Waals surface area contributed by atoms with Crippen molar-refractivity contribution in [1.82, 2.24) is 25.2 Å². The van der Waals surface area contributed by atoms with Gasteiger partial charge in [0.25, 0.3) is 5.91 Å². The molecule has 2 atom stereocenters. The van der Waals surface area contributed by atoms with Gasteiger partial charge in [-0.15, -0.1) is 0 Å². The SMILES string of the molecule is CN1C(=O)C2C(N=CN2CC(=O)NCc2cc(-c3ccccc3)on2)N(C)C1=O. The smallest absolute Gasteiger partial charge is 0.328 e. The highest BCUT2D eigenvalue weighted by atomic mass is 16.5. The van der Waals surface area contributed by atoms with E-state index >= 15 is 0 Å². The first kappa shape index (κ1) is 18.7. The van der Waals surface area contributed by atoms with Gasteiger partial charge in [-0.25, -0.2) is 9.79 Å². The average molecular weight is 396 g/mol. The second-order valence-corrected chi connectivity index (χ2v) is 6.91. The van der Waals surface area contributed by atoms with Crippen LogP contribution in [0.1, 0.15) is 5.69 Å². The molecule has 0 aliphatic carbocycles. The van der Waals surface area contributed by atoms with Crippen molar-refractivity contribution < 1.29 is 18.9 Å². The number of likely N-dealkylation sites (N-methyl/N-ethyl adjacent to an activating group) is 2. The Morgan fingerprint density at radius 1 is 1.21 bits per heavy atom. The summed E-state index contributed by atoms with van der Waals surface area (Å²) in [5, 5.41) is 6.73. The first-order valence-electron chi connectivity index (χ1n) is 9.07. The molecule has 4 rings (SSSR count). The Morgan fingerprint density at radius 3 is 2.72 bits per heavy atom. The molecule has 1 N–H and O–H groups in total. The maximum atomic E-state index is 12.5. The van der Waals surface area contributed by atoms with Crippen LogP contribution in [-0.4, -0.2) is 76.9 Å². The number of fused-ring (bicyclic) bond motifs is 1. The van der Waals surface area contributed by atoms with Crippen LogP contribution in [0.2, 0.25) is 0 Å². The summed E-state index contributed by atoms with van der Waals surface area (Å²) in [4.78, 5) is 45.1. The molecular formula is C19H20N6O4. The predicted molar refractivity (Wildman–Crippen MR) is 102 cm³/mol. The second kappa shape index (κ2) is 7.38. The molecule has 150 valence electrons. The quantitative estimate of drug-likeness (QED) is 0.789. The molecule has 3 heterocycles. The van der Waals surface area contributed by atoms with Crippen molar-refractivity contribution in [3.63, 3.8) is 0 Å². The van der Waals surface area contributed by atoms with Crippen LogP contribution >= 0.6 is 0 Å². The number of hydrogen-bond donors (Lipinski definition) is 1. The van der Waals surface area contributed by atoms with Crippen LogP contribution in [-0.2, 0) is 16.1 Å². The van der Waals surface area contributed by atoms with Crippen molar-refractivity contribution in [2.24, 2.45) is 4.99 Å². The van der Waals surface area contributed by atoms with Crippen molar-refractivity contribution in [3.05, 3.63) is 42.1 Å². The van der Waals surface area contributed by atoms with Gasteiger partial charge in [-0.1, -0.05) is 35.5 Å². The topological polar surface area (TPSA) is 111 Å². The molecule has 29 heavy (non-hydrogen) atoms. The van der Waals surface area contributed by atoms with Gasteiger partial charge in [0.1, 0.15) is 5.69 Å². The average Bonchev–Trinajstić information content (AvgIpc) is 3.37. The largest absolute Gasteiger partial charge is 0.356 e. The third-order valence-electron chi connectivity index (χ3n) is 4.99. The molecule has 0 saturated carbocycles. The Hall–Kier alpha value is -3.69. The van der Waals surface area contributed by atoms with Crippen molar-refractivity contribution >= 4 is 24.2 Å². The van der Waals surface area contributed by atoms with Crippen LogP contribution < -0.4 is 5.32 Å². The summed E-state index contributed by atoms with van der Waals surface area (Å²) in [7, 11) is 3.00. The number of nitrogens with zero attached hydrogens (tertiary/aromatic N) is 5. The van der Waals surface area contributed by atoms with E-state index in [-0.39, 0.29) is 24.9 Å². The van der Waals surface area contributed by atoms with E-state index < -0.39 is 18.2 Å². The lowest BCUT2D eigenvalue weighted by Crippen LogP contribution is -2.64. The van der Waals surface area contributed by atoms with Crippen LogP contribution in [0.5, 0.6) is 0 Å². The molecule has 1 saturated heterocycles. The van der Waals surface area contributed by atoms with Crippen molar-refractivity contribution in [1.29, 1.82) is 0 Å². The lowest BCUT2D eigenvalue weighted by molar-refractivity contribution is -0.136. The van der Waals surface area contributed by atoms with E-state index in [1.54, 1.807) is 18.0 Å². The molecule has 4 amide bonds. The third kappa shape index (κ3) is 3.44. The number of urea groups is 1. The first-order valence-corrected chi connectivity index (χ1v) is 9.07. The summed E-state index contributed by atoms with van der Waals surface area (Å²) in [6.45, 7) is 0.135. The molecule has 0 radical (unpaired) electrons. The molecule has 2 aliphatic heterocycles. The van der Waals surface area contributed by atoms with Gasteiger partial charge >= 0.3 is 6.03 Å². The highest BCUT2D eigenvalue weighted by Gasteiger charge is 2.48. The van der Waals surface area contributed by atoms with Crippen molar-refractivity contribution in [2.75, 3.05) is 20.6 Å².